The van der Waals surface area contributed by atoms with Crippen LogP contribution in [0.5, 0.6) is 0 Å². The van der Waals surface area contributed by atoms with Gasteiger partial charge in [-0.2, -0.15) is 17.0 Å². The molecule has 0 aromatic heterocycles. The molecule has 0 radical (unpaired) electrons. The van der Waals surface area contributed by atoms with Crippen LogP contribution in [-0.4, -0.2) is 17.5 Å². The lowest BCUT2D eigenvalue weighted by Gasteiger charge is -2.12. The molecular formula is C14H17FN2S. The topological polar surface area (TPSA) is 35.8 Å². The first kappa shape index (κ1) is 13.4. The van der Waals surface area contributed by atoms with Crippen LogP contribution in [0.25, 0.3) is 0 Å². The Bertz CT molecular complexity index is 456. The summed E-state index contributed by atoms with van der Waals surface area (Å²) in [5.41, 5.74) is 1.10. The predicted octanol–water partition coefficient (Wildman–Crippen LogP) is 3.07. The summed E-state index contributed by atoms with van der Waals surface area (Å²) in [6, 6.07) is 7.17. The molecule has 0 aliphatic heterocycles. The number of hydrogen-bond acceptors (Lipinski definition) is 3. The van der Waals surface area contributed by atoms with Crippen LogP contribution in [0.2, 0.25) is 0 Å². The molecular weight excluding hydrogens is 247 g/mol. The molecule has 1 aliphatic carbocycles. The molecule has 2 rings (SSSR count). The number of hydrogen-bond donors (Lipinski definition) is 1. The van der Waals surface area contributed by atoms with Crippen molar-refractivity contribution in [2.24, 2.45) is 0 Å². The zero-order valence-corrected chi connectivity index (χ0v) is 11.3. The van der Waals surface area contributed by atoms with Crippen molar-refractivity contribution in [3.63, 3.8) is 0 Å². The van der Waals surface area contributed by atoms with Crippen LogP contribution in [0.3, 0.4) is 0 Å². The first-order valence-electron chi connectivity index (χ1n) is 6.17. The average molecular weight is 264 g/mol. The van der Waals surface area contributed by atoms with E-state index in [1.54, 1.807) is 12.1 Å². The molecule has 2 unspecified atom stereocenters. The van der Waals surface area contributed by atoms with Gasteiger partial charge in [-0.3, -0.25) is 0 Å². The minimum atomic E-state index is -0.440. The smallest absolute Gasteiger partial charge is 0.140 e. The molecule has 2 nitrogen and oxygen atoms in total. The zero-order chi connectivity index (χ0) is 13.0. The largest absolute Gasteiger partial charge is 0.310 e. The van der Waals surface area contributed by atoms with Gasteiger partial charge >= 0.3 is 0 Å². The van der Waals surface area contributed by atoms with Gasteiger partial charge < -0.3 is 5.32 Å². The third kappa shape index (κ3) is 3.24. The molecule has 0 saturated heterocycles. The van der Waals surface area contributed by atoms with Crippen LogP contribution in [0.4, 0.5) is 4.39 Å². The van der Waals surface area contributed by atoms with Crippen molar-refractivity contribution in [2.75, 3.05) is 6.26 Å². The van der Waals surface area contributed by atoms with Crippen LogP contribution in [0.15, 0.2) is 18.2 Å². The van der Waals surface area contributed by atoms with Crippen molar-refractivity contribution in [2.45, 2.75) is 37.1 Å². The second-order valence-corrected chi connectivity index (χ2v) is 5.81. The zero-order valence-electron chi connectivity index (χ0n) is 10.4. The Morgan fingerprint density at radius 1 is 1.50 bits per heavy atom. The van der Waals surface area contributed by atoms with Crippen molar-refractivity contribution in [3.05, 3.63) is 35.1 Å². The lowest BCUT2D eigenvalue weighted by atomic mass is 10.1. The van der Waals surface area contributed by atoms with Crippen molar-refractivity contribution >= 4 is 11.8 Å². The van der Waals surface area contributed by atoms with E-state index in [9.17, 15) is 4.39 Å². The highest BCUT2D eigenvalue weighted by atomic mass is 32.2. The van der Waals surface area contributed by atoms with Gasteiger partial charge in [0.15, 0.2) is 0 Å². The summed E-state index contributed by atoms with van der Waals surface area (Å²) in [4.78, 5) is 0. The number of nitrogens with one attached hydrogen (secondary N) is 1. The molecule has 1 aromatic carbocycles. The van der Waals surface area contributed by atoms with Gasteiger partial charge in [-0.25, -0.2) is 4.39 Å². The van der Waals surface area contributed by atoms with Gasteiger partial charge in [-0.1, -0.05) is 6.07 Å². The molecule has 0 bridgehead atoms. The van der Waals surface area contributed by atoms with Crippen molar-refractivity contribution in [1.29, 1.82) is 5.26 Å². The third-order valence-electron chi connectivity index (χ3n) is 3.46. The quantitative estimate of drug-likeness (QED) is 0.908. The van der Waals surface area contributed by atoms with Gasteiger partial charge in [0, 0.05) is 17.8 Å². The molecule has 0 amide bonds. The Kier molecular flexibility index (Phi) is 4.62. The van der Waals surface area contributed by atoms with Crippen LogP contribution < -0.4 is 5.32 Å². The maximum absolute atomic E-state index is 13.2. The van der Waals surface area contributed by atoms with E-state index >= 15 is 0 Å². The summed E-state index contributed by atoms with van der Waals surface area (Å²) in [6.45, 7) is 0.709. The standard InChI is InChI=1S/C14H17FN2S/c1-18-13-4-3-12(7-13)17-9-10-2-5-14(15)11(6-10)8-16/h2,5-6,12-13,17H,3-4,7,9H2,1H3. The highest BCUT2D eigenvalue weighted by Crippen LogP contribution is 2.28. The second-order valence-electron chi connectivity index (χ2n) is 4.67. The Hall–Kier alpha value is -1.05. The van der Waals surface area contributed by atoms with Gasteiger partial charge in [0.1, 0.15) is 11.9 Å². The average Bonchev–Trinajstić information content (AvgIpc) is 2.86. The van der Waals surface area contributed by atoms with Crippen molar-refractivity contribution in [3.8, 4) is 6.07 Å². The number of nitriles is 1. The molecule has 18 heavy (non-hydrogen) atoms. The Balaban J connectivity index is 1.89. The highest BCUT2D eigenvalue weighted by molar-refractivity contribution is 7.99. The first-order chi connectivity index (χ1) is 8.72. The minimum absolute atomic E-state index is 0.128. The third-order valence-corrected chi connectivity index (χ3v) is 4.56. The molecule has 1 aliphatic rings. The summed E-state index contributed by atoms with van der Waals surface area (Å²) in [5.74, 6) is -0.440. The molecule has 0 spiro atoms. The summed E-state index contributed by atoms with van der Waals surface area (Å²) in [7, 11) is 0. The maximum Gasteiger partial charge on any atom is 0.140 e. The van der Waals surface area contributed by atoms with Crippen LogP contribution in [0, 0.1) is 17.1 Å². The summed E-state index contributed by atoms with van der Waals surface area (Å²) < 4.78 is 13.2. The molecule has 1 saturated carbocycles. The molecule has 96 valence electrons. The van der Waals surface area contributed by atoms with Crippen molar-refractivity contribution in [1.82, 2.24) is 5.32 Å². The molecule has 1 fully saturated rings. The Morgan fingerprint density at radius 3 is 3.00 bits per heavy atom. The van der Waals surface area contributed by atoms with Gasteiger partial charge in [-0.05, 0) is 43.2 Å². The van der Waals surface area contributed by atoms with E-state index in [4.69, 9.17) is 5.26 Å². The summed E-state index contributed by atoms with van der Waals surface area (Å²) in [5, 5.41) is 13.0. The minimum Gasteiger partial charge on any atom is -0.310 e. The van der Waals surface area contributed by atoms with E-state index < -0.39 is 5.82 Å². The van der Waals surface area contributed by atoms with Crippen LogP contribution in [-0.2, 0) is 6.54 Å². The first-order valence-corrected chi connectivity index (χ1v) is 7.46. The summed E-state index contributed by atoms with van der Waals surface area (Å²) >= 11 is 1.93. The second kappa shape index (κ2) is 6.21. The van der Waals surface area contributed by atoms with E-state index in [1.807, 2.05) is 17.8 Å². The van der Waals surface area contributed by atoms with E-state index in [-0.39, 0.29) is 5.56 Å². The molecule has 4 heteroatoms. The molecule has 0 heterocycles. The lowest BCUT2D eigenvalue weighted by Crippen LogP contribution is -2.26. The van der Waals surface area contributed by atoms with E-state index in [0.717, 1.165) is 10.8 Å². The van der Waals surface area contributed by atoms with Crippen molar-refractivity contribution < 1.29 is 4.39 Å². The predicted molar refractivity (Wildman–Crippen MR) is 72.9 cm³/mol. The van der Waals surface area contributed by atoms with E-state index in [2.05, 4.69) is 11.6 Å². The number of benzene rings is 1. The van der Waals surface area contributed by atoms with Gasteiger partial charge in [0.05, 0.1) is 5.56 Å². The fourth-order valence-corrected chi connectivity index (χ4v) is 3.17. The van der Waals surface area contributed by atoms with E-state index in [1.165, 1.54) is 25.3 Å². The normalized spacial score (nSPS) is 22.9. The number of rotatable bonds is 4. The number of thioether (sulfide) groups is 1. The maximum atomic E-state index is 13.2. The molecule has 1 N–H and O–H groups in total. The Morgan fingerprint density at radius 2 is 2.33 bits per heavy atom. The van der Waals surface area contributed by atoms with Crippen LogP contribution in [0.1, 0.15) is 30.4 Å². The Labute approximate surface area is 112 Å². The number of halogens is 1. The fraction of sp³-hybridized carbons (Fsp3) is 0.500. The van der Waals surface area contributed by atoms with Gasteiger partial charge in [0.2, 0.25) is 0 Å². The molecule has 1 aromatic rings. The highest BCUT2D eigenvalue weighted by Gasteiger charge is 2.23. The summed E-state index contributed by atoms with van der Waals surface area (Å²) in [6.07, 6.45) is 5.84. The fourth-order valence-electron chi connectivity index (χ4n) is 2.37. The molecule has 2 atom stereocenters. The van der Waals surface area contributed by atoms with Gasteiger partial charge in [-0.15, -0.1) is 0 Å². The SMILES string of the molecule is CSC1CCC(NCc2ccc(F)c(C#N)c2)C1. The number of nitrogens with zero attached hydrogens (tertiary/aromatic N) is 1. The lowest BCUT2D eigenvalue weighted by molar-refractivity contribution is 0.524. The van der Waals surface area contributed by atoms with E-state index in [0.29, 0.717) is 12.6 Å². The van der Waals surface area contributed by atoms with Gasteiger partial charge in [0.25, 0.3) is 0 Å². The monoisotopic (exact) mass is 264 g/mol. The van der Waals surface area contributed by atoms with Crippen LogP contribution >= 0.6 is 11.8 Å².